The second-order valence-electron chi connectivity index (χ2n) is 3.28. The summed E-state index contributed by atoms with van der Waals surface area (Å²) in [6.07, 6.45) is 1.82. The molecular formula is C7H10N2O2. The first-order chi connectivity index (χ1) is 5.20. The van der Waals surface area contributed by atoms with Gasteiger partial charge in [-0.15, -0.1) is 0 Å². The summed E-state index contributed by atoms with van der Waals surface area (Å²) >= 11 is 0. The summed E-state index contributed by atoms with van der Waals surface area (Å²) < 4.78 is 0. The first kappa shape index (κ1) is 6.64. The topological polar surface area (TPSA) is 58.2 Å². The van der Waals surface area contributed by atoms with Gasteiger partial charge in [0.15, 0.2) is 0 Å². The van der Waals surface area contributed by atoms with Crippen LogP contribution in [0.15, 0.2) is 0 Å². The molecule has 2 aliphatic rings. The van der Waals surface area contributed by atoms with E-state index in [-0.39, 0.29) is 17.4 Å². The molecule has 0 saturated carbocycles. The van der Waals surface area contributed by atoms with Crippen molar-refractivity contribution in [1.82, 2.24) is 10.6 Å². The summed E-state index contributed by atoms with van der Waals surface area (Å²) in [6.45, 7) is 0.609. The lowest BCUT2D eigenvalue weighted by molar-refractivity contribution is -0.119. The van der Waals surface area contributed by atoms with Gasteiger partial charge < -0.3 is 10.6 Å². The average molecular weight is 154 g/mol. The molecule has 2 amide bonds. The molecule has 2 aliphatic heterocycles. The minimum absolute atomic E-state index is 0.0483. The second kappa shape index (κ2) is 1.96. The molecule has 2 saturated heterocycles. The zero-order chi connectivity index (χ0) is 7.90. The third kappa shape index (κ3) is 0.982. The molecule has 2 N–H and O–H groups in total. The van der Waals surface area contributed by atoms with Crippen LogP contribution in [0.3, 0.4) is 0 Å². The maximum absolute atomic E-state index is 10.9. The van der Waals surface area contributed by atoms with E-state index in [0.717, 1.165) is 6.42 Å². The van der Waals surface area contributed by atoms with Gasteiger partial charge in [0, 0.05) is 13.0 Å². The van der Waals surface area contributed by atoms with Gasteiger partial charge in [0.05, 0.1) is 12.0 Å². The van der Waals surface area contributed by atoms with Crippen LogP contribution < -0.4 is 10.6 Å². The fourth-order valence-electron chi connectivity index (χ4n) is 1.74. The first-order valence-electron chi connectivity index (χ1n) is 3.78. The molecule has 1 spiro atoms. The second-order valence-corrected chi connectivity index (χ2v) is 3.28. The van der Waals surface area contributed by atoms with E-state index in [1.807, 2.05) is 0 Å². The van der Waals surface area contributed by atoms with Crippen molar-refractivity contribution in [2.24, 2.45) is 0 Å². The quantitative estimate of drug-likeness (QED) is 0.477. The number of amides is 2. The van der Waals surface area contributed by atoms with E-state index in [2.05, 4.69) is 10.6 Å². The van der Waals surface area contributed by atoms with Crippen molar-refractivity contribution in [2.75, 3.05) is 6.54 Å². The zero-order valence-electron chi connectivity index (χ0n) is 6.14. The average Bonchev–Trinajstić information content (AvgIpc) is 2.44. The van der Waals surface area contributed by atoms with Crippen LogP contribution in [0.2, 0.25) is 0 Å². The van der Waals surface area contributed by atoms with Crippen LogP contribution in [0.25, 0.3) is 0 Å². The summed E-state index contributed by atoms with van der Waals surface area (Å²) in [4.78, 5) is 21.7. The minimum atomic E-state index is -0.228. The van der Waals surface area contributed by atoms with E-state index in [1.165, 1.54) is 0 Å². The van der Waals surface area contributed by atoms with Gasteiger partial charge >= 0.3 is 0 Å². The molecule has 2 fully saturated rings. The maximum atomic E-state index is 10.9. The number of carbonyl (C=O) groups is 2. The van der Waals surface area contributed by atoms with Crippen molar-refractivity contribution in [2.45, 2.75) is 24.8 Å². The molecule has 0 aromatic carbocycles. The number of carbonyl (C=O) groups excluding carboxylic acids is 2. The molecular weight excluding hydrogens is 144 g/mol. The molecule has 0 aromatic heterocycles. The normalized spacial score (nSPS) is 36.0. The molecule has 0 unspecified atom stereocenters. The van der Waals surface area contributed by atoms with E-state index < -0.39 is 0 Å². The molecule has 60 valence electrons. The molecule has 0 aliphatic carbocycles. The molecule has 4 heteroatoms. The van der Waals surface area contributed by atoms with Crippen LogP contribution in [0.5, 0.6) is 0 Å². The minimum Gasteiger partial charge on any atom is -0.354 e. The van der Waals surface area contributed by atoms with Crippen molar-refractivity contribution in [3.8, 4) is 0 Å². The third-order valence-electron chi connectivity index (χ3n) is 2.36. The SMILES string of the molecule is O=C1C[C@]2(CCC(=O)N2)CN1. The number of rotatable bonds is 0. The monoisotopic (exact) mass is 154 g/mol. The largest absolute Gasteiger partial charge is 0.354 e. The van der Waals surface area contributed by atoms with E-state index in [4.69, 9.17) is 0 Å². The Labute approximate surface area is 64.3 Å². The van der Waals surface area contributed by atoms with Gasteiger partial charge in [-0.05, 0) is 6.42 Å². The molecule has 1 atom stereocenters. The van der Waals surface area contributed by atoms with E-state index in [1.54, 1.807) is 0 Å². The van der Waals surface area contributed by atoms with Crippen molar-refractivity contribution in [3.63, 3.8) is 0 Å². The maximum Gasteiger partial charge on any atom is 0.222 e. The molecule has 0 radical (unpaired) electrons. The molecule has 4 nitrogen and oxygen atoms in total. The zero-order valence-corrected chi connectivity index (χ0v) is 6.14. The summed E-state index contributed by atoms with van der Waals surface area (Å²) in [5.41, 5.74) is -0.228. The van der Waals surface area contributed by atoms with E-state index in [9.17, 15) is 9.59 Å². The fraction of sp³-hybridized carbons (Fsp3) is 0.714. The van der Waals surface area contributed by atoms with Gasteiger partial charge in [0.2, 0.25) is 11.8 Å². The summed E-state index contributed by atoms with van der Waals surface area (Å²) in [5, 5.41) is 5.56. The molecule has 0 aromatic rings. The summed E-state index contributed by atoms with van der Waals surface area (Å²) in [5.74, 6) is 0.119. The highest BCUT2D eigenvalue weighted by Gasteiger charge is 2.43. The van der Waals surface area contributed by atoms with E-state index >= 15 is 0 Å². The Kier molecular flexibility index (Phi) is 1.19. The fourth-order valence-corrected chi connectivity index (χ4v) is 1.74. The van der Waals surface area contributed by atoms with Gasteiger partial charge in [-0.25, -0.2) is 0 Å². The first-order valence-corrected chi connectivity index (χ1v) is 3.78. The highest BCUT2D eigenvalue weighted by molar-refractivity contribution is 5.85. The van der Waals surface area contributed by atoms with E-state index in [0.29, 0.717) is 19.4 Å². The van der Waals surface area contributed by atoms with Crippen LogP contribution in [-0.4, -0.2) is 23.9 Å². The smallest absolute Gasteiger partial charge is 0.222 e. The lowest BCUT2D eigenvalue weighted by Crippen LogP contribution is -2.43. The molecule has 2 heterocycles. The van der Waals surface area contributed by atoms with Crippen LogP contribution >= 0.6 is 0 Å². The Bertz CT molecular complexity index is 200. The Balaban J connectivity index is 2.13. The van der Waals surface area contributed by atoms with Crippen molar-refractivity contribution >= 4 is 11.8 Å². The lowest BCUT2D eigenvalue weighted by Gasteiger charge is -2.19. The predicted molar refractivity (Wildman–Crippen MR) is 37.7 cm³/mol. The Morgan fingerprint density at radius 3 is 2.55 bits per heavy atom. The van der Waals surface area contributed by atoms with Crippen LogP contribution in [0, 0.1) is 0 Å². The van der Waals surface area contributed by atoms with Crippen LogP contribution in [-0.2, 0) is 9.59 Å². The van der Waals surface area contributed by atoms with Gasteiger partial charge in [-0.2, -0.15) is 0 Å². The van der Waals surface area contributed by atoms with Crippen LogP contribution in [0.4, 0.5) is 0 Å². The Morgan fingerprint density at radius 2 is 2.09 bits per heavy atom. The standard InChI is InChI=1S/C7H10N2O2/c10-5-1-2-7(9-5)3-6(11)8-4-7/h1-4H2,(H,8,11)(H,9,10)/t7-/m1/s1. The summed E-state index contributed by atoms with van der Waals surface area (Å²) in [7, 11) is 0. The van der Waals surface area contributed by atoms with Crippen molar-refractivity contribution < 1.29 is 9.59 Å². The van der Waals surface area contributed by atoms with Gasteiger partial charge in [0.25, 0.3) is 0 Å². The number of nitrogens with one attached hydrogen (secondary N) is 2. The van der Waals surface area contributed by atoms with Gasteiger partial charge in [-0.3, -0.25) is 9.59 Å². The van der Waals surface area contributed by atoms with Gasteiger partial charge in [0.1, 0.15) is 0 Å². The highest BCUT2D eigenvalue weighted by atomic mass is 16.2. The molecule has 2 rings (SSSR count). The summed E-state index contributed by atoms with van der Waals surface area (Å²) in [6, 6.07) is 0. The van der Waals surface area contributed by atoms with Crippen molar-refractivity contribution in [1.29, 1.82) is 0 Å². The van der Waals surface area contributed by atoms with Gasteiger partial charge in [-0.1, -0.05) is 0 Å². The number of hydrogen-bond acceptors (Lipinski definition) is 2. The third-order valence-corrected chi connectivity index (χ3v) is 2.36. The van der Waals surface area contributed by atoms with Crippen molar-refractivity contribution in [3.05, 3.63) is 0 Å². The Morgan fingerprint density at radius 1 is 1.27 bits per heavy atom. The predicted octanol–water partition coefficient (Wildman–Crippen LogP) is -0.845. The Hall–Kier alpha value is -1.06. The number of hydrogen-bond donors (Lipinski definition) is 2. The molecule has 0 bridgehead atoms. The molecule has 11 heavy (non-hydrogen) atoms. The highest BCUT2D eigenvalue weighted by Crippen LogP contribution is 2.26. The van der Waals surface area contributed by atoms with Crippen LogP contribution in [0.1, 0.15) is 19.3 Å². The lowest BCUT2D eigenvalue weighted by atomic mass is 9.97.